The number of hydrogen-bond acceptors (Lipinski definition) is 5. The van der Waals surface area contributed by atoms with Gasteiger partial charge in [0.1, 0.15) is 11.0 Å². The van der Waals surface area contributed by atoms with Crippen LogP contribution in [0.2, 0.25) is 5.15 Å². The van der Waals surface area contributed by atoms with Gasteiger partial charge in [-0.15, -0.1) is 0 Å². The molecule has 3 aromatic rings. The van der Waals surface area contributed by atoms with E-state index in [1.54, 1.807) is 31.2 Å². The summed E-state index contributed by atoms with van der Waals surface area (Å²) in [6.45, 7) is 1.76. The number of nitrogens with zero attached hydrogens (tertiary/aromatic N) is 3. The van der Waals surface area contributed by atoms with Gasteiger partial charge < -0.3 is 5.73 Å². The van der Waals surface area contributed by atoms with Crippen LogP contribution in [0.3, 0.4) is 0 Å². The van der Waals surface area contributed by atoms with Gasteiger partial charge in [-0.2, -0.15) is 0 Å². The van der Waals surface area contributed by atoms with Gasteiger partial charge in [-0.25, -0.2) is 19.3 Å². The number of hydrogen-bond donors (Lipinski definition) is 1. The lowest BCUT2D eigenvalue weighted by molar-refractivity contribution is 0.0962. The minimum atomic E-state index is -0.375. The number of nitrogen functional groups attached to an aromatic ring is 1. The first-order valence-corrected chi connectivity index (χ1v) is 8.88. The highest BCUT2D eigenvalue weighted by Crippen LogP contribution is 2.38. The number of benzene rings is 1. The number of fused-ring (bicyclic) bond motifs is 1. The molecule has 0 amide bonds. The van der Waals surface area contributed by atoms with Crippen molar-refractivity contribution in [3.05, 3.63) is 69.9 Å². The minimum Gasteiger partial charge on any atom is -0.368 e. The zero-order chi connectivity index (χ0) is 19.1. The molecule has 7 heteroatoms. The number of pyridine rings is 1. The second kappa shape index (κ2) is 6.70. The van der Waals surface area contributed by atoms with Gasteiger partial charge in [-0.3, -0.25) is 4.79 Å². The van der Waals surface area contributed by atoms with E-state index >= 15 is 0 Å². The summed E-state index contributed by atoms with van der Waals surface area (Å²) in [6.07, 6.45) is 0.814. The summed E-state index contributed by atoms with van der Waals surface area (Å²) in [4.78, 5) is 25.4. The molecule has 27 heavy (non-hydrogen) atoms. The monoisotopic (exact) mass is 382 g/mol. The standard InChI is InChI=1S/C20H16ClFN4O/c1-10-19-16(26-20(23)24-10)7-11(8-17(19)27)13-6-5-12(22)9-14(13)15-3-2-4-18(21)25-15/h2-6,9,11H,7-8H2,1H3,(H2,23,24,26). The Morgan fingerprint density at radius 3 is 2.74 bits per heavy atom. The van der Waals surface area contributed by atoms with Gasteiger partial charge in [0.15, 0.2) is 5.78 Å². The maximum Gasteiger partial charge on any atom is 0.220 e. The minimum absolute atomic E-state index is 0.0342. The SMILES string of the molecule is Cc1nc(N)nc2c1C(=O)CC(c1ccc(F)cc1-c1cccc(Cl)n1)C2. The number of ketones is 1. The molecule has 0 aliphatic heterocycles. The van der Waals surface area contributed by atoms with E-state index in [9.17, 15) is 9.18 Å². The van der Waals surface area contributed by atoms with Crippen LogP contribution in [0, 0.1) is 12.7 Å². The maximum absolute atomic E-state index is 14.0. The topological polar surface area (TPSA) is 81.8 Å². The molecule has 2 aromatic heterocycles. The summed E-state index contributed by atoms with van der Waals surface area (Å²) < 4.78 is 14.0. The molecule has 2 heterocycles. The van der Waals surface area contributed by atoms with Crippen molar-refractivity contribution in [1.29, 1.82) is 0 Å². The van der Waals surface area contributed by atoms with Crippen LogP contribution in [0.25, 0.3) is 11.3 Å². The van der Waals surface area contributed by atoms with Crippen LogP contribution < -0.4 is 5.73 Å². The molecule has 0 spiro atoms. The van der Waals surface area contributed by atoms with Crippen molar-refractivity contribution in [1.82, 2.24) is 15.0 Å². The molecule has 4 rings (SSSR count). The Morgan fingerprint density at radius 2 is 1.96 bits per heavy atom. The summed E-state index contributed by atoms with van der Waals surface area (Å²) in [5.41, 5.74) is 9.56. The highest BCUT2D eigenvalue weighted by molar-refractivity contribution is 6.29. The van der Waals surface area contributed by atoms with Crippen LogP contribution in [0.1, 0.15) is 39.6 Å². The lowest BCUT2D eigenvalue weighted by atomic mass is 9.79. The van der Waals surface area contributed by atoms with E-state index in [-0.39, 0.29) is 23.5 Å². The molecule has 1 aromatic carbocycles. The molecule has 1 aliphatic rings. The summed E-state index contributed by atoms with van der Waals surface area (Å²) >= 11 is 6.01. The normalized spacial score (nSPS) is 16.3. The van der Waals surface area contributed by atoms with E-state index in [1.807, 2.05) is 0 Å². The van der Waals surface area contributed by atoms with Gasteiger partial charge in [0.25, 0.3) is 0 Å². The number of nitrogens with two attached hydrogens (primary N) is 1. The van der Waals surface area contributed by atoms with Gasteiger partial charge >= 0.3 is 0 Å². The average molecular weight is 383 g/mol. The van der Waals surface area contributed by atoms with Crippen molar-refractivity contribution in [3.63, 3.8) is 0 Å². The smallest absolute Gasteiger partial charge is 0.220 e. The van der Waals surface area contributed by atoms with Crippen molar-refractivity contribution in [2.75, 3.05) is 5.73 Å². The Bertz CT molecular complexity index is 1070. The number of halogens is 2. The molecule has 1 unspecified atom stereocenters. The highest BCUT2D eigenvalue weighted by Gasteiger charge is 2.31. The first-order valence-electron chi connectivity index (χ1n) is 8.51. The number of Topliss-reactive ketones (excluding diaryl/α,β-unsaturated/α-hetero) is 1. The molecule has 5 nitrogen and oxygen atoms in total. The Balaban J connectivity index is 1.82. The van der Waals surface area contributed by atoms with Crippen LogP contribution in [-0.2, 0) is 6.42 Å². The summed E-state index contributed by atoms with van der Waals surface area (Å²) in [5, 5.41) is 0.323. The fourth-order valence-corrected chi connectivity index (χ4v) is 3.85. The third-order valence-corrected chi connectivity index (χ3v) is 4.99. The highest BCUT2D eigenvalue weighted by atomic mass is 35.5. The zero-order valence-electron chi connectivity index (χ0n) is 14.5. The third-order valence-electron chi connectivity index (χ3n) is 4.78. The maximum atomic E-state index is 14.0. The van der Waals surface area contributed by atoms with E-state index in [2.05, 4.69) is 15.0 Å². The van der Waals surface area contributed by atoms with Gasteiger partial charge in [0, 0.05) is 12.0 Å². The van der Waals surface area contributed by atoms with Crippen LogP contribution >= 0.6 is 11.6 Å². The van der Waals surface area contributed by atoms with E-state index in [4.69, 9.17) is 17.3 Å². The second-order valence-corrected chi connectivity index (χ2v) is 6.98. The Morgan fingerprint density at radius 1 is 1.15 bits per heavy atom. The fraction of sp³-hybridized carbons (Fsp3) is 0.200. The molecular formula is C20H16ClFN4O. The van der Waals surface area contributed by atoms with Gasteiger partial charge in [0.2, 0.25) is 5.95 Å². The number of carbonyl (C=O) groups excluding carboxylic acids is 1. The number of anilines is 1. The van der Waals surface area contributed by atoms with Crippen LogP contribution in [-0.4, -0.2) is 20.7 Å². The van der Waals surface area contributed by atoms with E-state index in [0.717, 1.165) is 5.56 Å². The Hall–Kier alpha value is -2.86. The van der Waals surface area contributed by atoms with Crippen molar-refractivity contribution < 1.29 is 9.18 Å². The van der Waals surface area contributed by atoms with Crippen molar-refractivity contribution >= 4 is 23.3 Å². The Kier molecular flexibility index (Phi) is 4.36. The van der Waals surface area contributed by atoms with Crippen molar-refractivity contribution in [2.45, 2.75) is 25.7 Å². The predicted molar refractivity (Wildman–Crippen MR) is 101 cm³/mol. The first-order chi connectivity index (χ1) is 12.9. The second-order valence-electron chi connectivity index (χ2n) is 6.59. The molecule has 0 saturated heterocycles. The molecule has 1 atom stereocenters. The molecule has 0 bridgehead atoms. The quantitative estimate of drug-likeness (QED) is 0.674. The lowest BCUT2D eigenvalue weighted by Gasteiger charge is -2.26. The number of carbonyl (C=O) groups is 1. The van der Waals surface area contributed by atoms with E-state index in [0.29, 0.717) is 46.2 Å². The summed E-state index contributed by atoms with van der Waals surface area (Å²) in [6, 6.07) is 9.71. The van der Waals surface area contributed by atoms with Gasteiger partial charge in [-0.1, -0.05) is 23.7 Å². The van der Waals surface area contributed by atoms with Gasteiger partial charge in [0.05, 0.1) is 22.6 Å². The number of aryl methyl sites for hydroxylation is 1. The molecule has 0 fully saturated rings. The fourth-order valence-electron chi connectivity index (χ4n) is 3.68. The number of aromatic nitrogens is 3. The molecule has 0 saturated carbocycles. The lowest BCUT2D eigenvalue weighted by Crippen LogP contribution is -2.23. The van der Waals surface area contributed by atoms with E-state index < -0.39 is 0 Å². The third kappa shape index (κ3) is 3.28. The molecular weight excluding hydrogens is 367 g/mol. The molecule has 136 valence electrons. The van der Waals surface area contributed by atoms with E-state index in [1.165, 1.54) is 12.1 Å². The summed E-state index contributed by atoms with van der Waals surface area (Å²) in [7, 11) is 0. The Labute approximate surface area is 160 Å². The van der Waals surface area contributed by atoms with Crippen LogP contribution in [0.4, 0.5) is 10.3 Å². The molecule has 1 aliphatic carbocycles. The van der Waals surface area contributed by atoms with Crippen LogP contribution in [0.15, 0.2) is 36.4 Å². The first kappa shape index (κ1) is 17.5. The molecule has 2 N–H and O–H groups in total. The predicted octanol–water partition coefficient (Wildman–Crippen LogP) is 4.13. The van der Waals surface area contributed by atoms with Crippen molar-refractivity contribution in [2.24, 2.45) is 0 Å². The molecule has 0 radical (unpaired) electrons. The van der Waals surface area contributed by atoms with Crippen molar-refractivity contribution in [3.8, 4) is 11.3 Å². The average Bonchev–Trinajstić information content (AvgIpc) is 2.60. The zero-order valence-corrected chi connectivity index (χ0v) is 15.3. The summed E-state index contributed by atoms with van der Waals surface area (Å²) in [5.74, 6) is -0.417. The van der Waals surface area contributed by atoms with Gasteiger partial charge in [-0.05, 0) is 49.1 Å². The van der Waals surface area contributed by atoms with Crippen LogP contribution in [0.5, 0.6) is 0 Å². The number of rotatable bonds is 2. The largest absolute Gasteiger partial charge is 0.368 e.